The van der Waals surface area contributed by atoms with Crippen molar-refractivity contribution in [2.75, 3.05) is 19.6 Å². The van der Waals surface area contributed by atoms with Crippen LogP contribution >= 0.6 is 11.3 Å². The zero-order chi connectivity index (χ0) is 17.8. The lowest BCUT2D eigenvalue weighted by atomic mass is 9.82. The van der Waals surface area contributed by atoms with Crippen LogP contribution < -0.4 is 5.32 Å². The van der Waals surface area contributed by atoms with Gasteiger partial charge in [0, 0.05) is 35.9 Å². The number of hydrogen-bond donors (Lipinski definition) is 1. The van der Waals surface area contributed by atoms with Crippen molar-refractivity contribution in [3.05, 3.63) is 21.9 Å². The Balaban J connectivity index is 1.83. The number of carbonyl (C=O) groups excluding carboxylic acids is 1. The van der Waals surface area contributed by atoms with Crippen LogP contribution in [0.1, 0.15) is 57.2 Å². The predicted molar refractivity (Wildman–Crippen MR) is 101 cm³/mol. The number of amides is 1. The molecule has 0 radical (unpaired) electrons. The second-order valence-corrected chi connectivity index (χ2v) is 9.39. The summed E-state index contributed by atoms with van der Waals surface area (Å²) in [5, 5.41) is 3.59. The molecule has 1 fully saturated rings. The molecule has 1 amide bonds. The first-order valence-corrected chi connectivity index (χ1v) is 9.79. The SMILES string of the molecule is CCc1ccc(CNCC2(C)CCCN(C(=O)OC(C)(C)C)C2)s1. The number of nitrogens with zero attached hydrogens (tertiary/aromatic N) is 1. The van der Waals surface area contributed by atoms with Gasteiger partial charge in [-0.05, 0) is 57.6 Å². The number of likely N-dealkylation sites (tertiary alicyclic amines) is 1. The molecule has 24 heavy (non-hydrogen) atoms. The average Bonchev–Trinajstić information content (AvgIpc) is 2.93. The minimum Gasteiger partial charge on any atom is -0.444 e. The number of hydrogen-bond acceptors (Lipinski definition) is 4. The van der Waals surface area contributed by atoms with Crippen LogP contribution in [0.5, 0.6) is 0 Å². The summed E-state index contributed by atoms with van der Waals surface area (Å²) in [6.45, 7) is 13.6. The van der Waals surface area contributed by atoms with E-state index >= 15 is 0 Å². The predicted octanol–water partition coefficient (Wildman–Crippen LogP) is 4.44. The van der Waals surface area contributed by atoms with Crippen molar-refractivity contribution < 1.29 is 9.53 Å². The van der Waals surface area contributed by atoms with Crippen LogP contribution in [0, 0.1) is 5.41 Å². The van der Waals surface area contributed by atoms with Crippen molar-refractivity contribution >= 4 is 17.4 Å². The summed E-state index contributed by atoms with van der Waals surface area (Å²) in [5.41, 5.74) is -0.320. The molecule has 0 saturated carbocycles. The molecule has 1 aliphatic rings. The second kappa shape index (κ2) is 7.87. The molecule has 0 spiro atoms. The molecule has 5 heteroatoms. The van der Waals surface area contributed by atoms with E-state index in [-0.39, 0.29) is 11.5 Å². The lowest BCUT2D eigenvalue weighted by Crippen LogP contribution is -2.50. The van der Waals surface area contributed by atoms with E-state index in [1.54, 1.807) is 0 Å². The van der Waals surface area contributed by atoms with Gasteiger partial charge in [0.2, 0.25) is 0 Å². The van der Waals surface area contributed by atoms with E-state index in [4.69, 9.17) is 4.74 Å². The van der Waals surface area contributed by atoms with Crippen LogP contribution in [0.2, 0.25) is 0 Å². The molecule has 1 aromatic rings. The Labute approximate surface area is 150 Å². The fraction of sp³-hybridized carbons (Fsp3) is 0.737. The van der Waals surface area contributed by atoms with E-state index in [1.807, 2.05) is 37.0 Å². The number of aryl methyl sites for hydroxylation is 1. The van der Waals surface area contributed by atoms with Gasteiger partial charge in [0.1, 0.15) is 5.60 Å². The number of thiophene rings is 1. The van der Waals surface area contributed by atoms with Crippen molar-refractivity contribution in [3.8, 4) is 0 Å². The van der Waals surface area contributed by atoms with E-state index in [9.17, 15) is 4.79 Å². The van der Waals surface area contributed by atoms with Crippen molar-refractivity contribution in [1.29, 1.82) is 0 Å². The summed E-state index contributed by atoms with van der Waals surface area (Å²) in [5.74, 6) is 0. The van der Waals surface area contributed by atoms with Gasteiger partial charge < -0.3 is 15.0 Å². The van der Waals surface area contributed by atoms with Crippen LogP contribution in [0.25, 0.3) is 0 Å². The monoisotopic (exact) mass is 352 g/mol. The van der Waals surface area contributed by atoms with Gasteiger partial charge >= 0.3 is 6.09 Å². The topological polar surface area (TPSA) is 41.6 Å². The van der Waals surface area contributed by atoms with Crippen molar-refractivity contribution in [2.24, 2.45) is 5.41 Å². The van der Waals surface area contributed by atoms with Gasteiger partial charge in [-0.2, -0.15) is 0 Å². The molecule has 1 atom stereocenters. The molecule has 1 aliphatic heterocycles. The number of piperidine rings is 1. The first-order valence-electron chi connectivity index (χ1n) is 8.97. The molecule has 1 aromatic heterocycles. The van der Waals surface area contributed by atoms with Crippen molar-refractivity contribution in [1.82, 2.24) is 10.2 Å². The molecule has 0 aliphatic carbocycles. The minimum atomic E-state index is -0.431. The third-order valence-electron chi connectivity index (χ3n) is 4.35. The highest BCUT2D eigenvalue weighted by atomic mass is 32.1. The van der Waals surface area contributed by atoms with E-state index < -0.39 is 5.60 Å². The van der Waals surface area contributed by atoms with Gasteiger partial charge in [0.25, 0.3) is 0 Å². The fourth-order valence-corrected chi connectivity index (χ4v) is 4.06. The Morgan fingerprint density at radius 3 is 2.71 bits per heavy atom. The highest BCUT2D eigenvalue weighted by molar-refractivity contribution is 7.11. The van der Waals surface area contributed by atoms with Crippen molar-refractivity contribution in [2.45, 2.75) is 66.0 Å². The highest BCUT2D eigenvalue weighted by Gasteiger charge is 2.34. The molecule has 1 saturated heterocycles. The van der Waals surface area contributed by atoms with Crippen LogP contribution in [0.15, 0.2) is 12.1 Å². The molecule has 0 aromatic carbocycles. The molecule has 2 rings (SSSR count). The number of carbonyl (C=O) groups is 1. The molecular weight excluding hydrogens is 320 g/mol. The summed E-state index contributed by atoms with van der Waals surface area (Å²) in [6, 6.07) is 4.43. The Kier molecular flexibility index (Phi) is 6.32. The maximum atomic E-state index is 12.3. The van der Waals surface area contributed by atoms with Gasteiger partial charge in [0.05, 0.1) is 0 Å². The van der Waals surface area contributed by atoms with Gasteiger partial charge in [-0.25, -0.2) is 4.79 Å². The Morgan fingerprint density at radius 2 is 2.08 bits per heavy atom. The largest absolute Gasteiger partial charge is 0.444 e. The van der Waals surface area contributed by atoms with E-state index in [2.05, 4.69) is 31.3 Å². The molecule has 2 heterocycles. The first-order chi connectivity index (χ1) is 11.2. The van der Waals surface area contributed by atoms with Gasteiger partial charge in [-0.15, -0.1) is 11.3 Å². The van der Waals surface area contributed by atoms with Crippen LogP contribution in [-0.4, -0.2) is 36.2 Å². The summed E-state index contributed by atoms with van der Waals surface area (Å²) >= 11 is 1.88. The summed E-state index contributed by atoms with van der Waals surface area (Å²) in [4.78, 5) is 17.0. The summed E-state index contributed by atoms with van der Waals surface area (Å²) in [6.07, 6.45) is 3.10. The number of nitrogens with one attached hydrogen (secondary N) is 1. The highest BCUT2D eigenvalue weighted by Crippen LogP contribution is 2.30. The summed E-state index contributed by atoms with van der Waals surface area (Å²) in [7, 11) is 0. The zero-order valence-electron chi connectivity index (χ0n) is 15.8. The third-order valence-corrected chi connectivity index (χ3v) is 5.58. The Morgan fingerprint density at radius 1 is 1.38 bits per heavy atom. The van der Waals surface area contributed by atoms with Gasteiger partial charge in [0.15, 0.2) is 0 Å². The van der Waals surface area contributed by atoms with E-state index in [1.165, 1.54) is 9.75 Å². The maximum Gasteiger partial charge on any atom is 0.410 e. The molecule has 136 valence electrons. The van der Waals surface area contributed by atoms with Crippen LogP contribution in [0.4, 0.5) is 4.79 Å². The molecule has 4 nitrogen and oxygen atoms in total. The lowest BCUT2D eigenvalue weighted by Gasteiger charge is -2.41. The lowest BCUT2D eigenvalue weighted by molar-refractivity contribution is 0.00676. The first kappa shape index (κ1) is 19.3. The normalized spacial score (nSPS) is 21.8. The third kappa shape index (κ3) is 5.78. The van der Waals surface area contributed by atoms with Gasteiger partial charge in [-0.1, -0.05) is 13.8 Å². The zero-order valence-corrected chi connectivity index (χ0v) is 16.6. The number of ether oxygens (including phenoxy) is 1. The smallest absolute Gasteiger partial charge is 0.410 e. The fourth-order valence-electron chi connectivity index (χ4n) is 3.14. The molecule has 1 unspecified atom stereocenters. The standard InChI is InChI=1S/C19H32N2O2S/c1-6-15-8-9-16(24-15)12-20-13-19(5)10-7-11-21(14-19)17(22)23-18(2,3)4/h8-9,20H,6-7,10-14H2,1-5H3. The second-order valence-electron chi connectivity index (χ2n) is 8.14. The quantitative estimate of drug-likeness (QED) is 0.852. The van der Waals surface area contributed by atoms with Crippen LogP contribution in [0.3, 0.4) is 0 Å². The molecule has 0 bridgehead atoms. The molecule has 1 N–H and O–H groups in total. The summed E-state index contributed by atoms with van der Waals surface area (Å²) < 4.78 is 5.53. The number of rotatable bonds is 5. The Bertz CT molecular complexity index is 550. The minimum absolute atomic E-state index is 0.111. The average molecular weight is 353 g/mol. The van der Waals surface area contributed by atoms with Gasteiger partial charge in [-0.3, -0.25) is 0 Å². The van der Waals surface area contributed by atoms with E-state index in [0.717, 1.165) is 45.4 Å². The Hall–Kier alpha value is -1.07. The van der Waals surface area contributed by atoms with Crippen LogP contribution in [-0.2, 0) is 17.7 Å². The maximum absolute atomic E-state index is 12.3. The van der Waals surface area contributed by atoms with E-state index in [0.29, 0.717) is 0 Å². The van der Waals surface area contributed by atoms with Crippen molar-refractivity contribution in [3.63, 3.8) is 0 Å². The molecular formula is C19H32N2O2S.